The quantitative estimate of drug-likeness (QED) is 0.0752. The number of phosphoric ester groups is 1. The average Bonchev–Trinajstić information content (AvgIpc) is 2.99. The van der Waals surface area contributed by atoms with Crippen LogP contribution in [0.3, 0.4) is 0 Å². The third-order valence-electron chi connectivity index (χ3n) is 7.58. The molecular weight excluding hydrogens is 543 g/mol. The van der Waals surface area contributed by atoms with Crippen molar-refractivity contribution in [3.8, 4) is 11.5 Å². The molecule has 0 bridgehead atoms. The van der Waals surface area contributed by atoms with E-state index in [1.165, 1.54) is 77.0 Å². The van der Waals surface area contributed by atoms with Crippen LogP contribution in [0.4, 0.5) is 0 Å². The molecule has 0 saturated carbocycles. The number of para-hydroxylation sites is 2. The van der Waals surface area contributed by atoms with E-state index in [4.69, 9.17) is 18.3 Å². The fourth-order valence-corrected chi connectivity index (χ4v) is 6.29. The summed E-state index contributed by atoms with van der Waals surface area (Å²) in [4.78, 5) is 0. The van der Waals surface area contributed by atoms with Gasteiger partial charge in [0, 0.05) is 6.61 Å². The lowest BCUT2D eigenvalue weighted by atomic mass is 10.0. The van der Waals surface area contributed by atoms with Gasteiger partial charge in [-0.3, -0.25) is 4.52 Å². The van der Waals surface area contributed by atoms with Gasteiger partial charge in [0.1, 0.15) is 11.5 Å². The lowest BCUT2D eigenvalue weighted by molar-refractivity contribution is 0.0864. The normalized spacial score (nSPS) is 11.6. The van der Waals surface area contributed by atoms with Gasteiger partial charge in [0.2, 0.25) is 0 Å². The van der Waals surface area contributed by atoms with Crippen LogP contribution in [0.2, 0.25) is 0 Å². The lowest BCUT2D eigenvalue weighted by Crippen LogP contribution is -2.11. The van der Waals surface area contributed by atoms with Crippen molar-refractivity contribution in [2.45, 2.75) is 136 Å². The Hall–Kier alpha value is -1.81. The van der Waals surface area contributed by atoms with Gasteiger partial charge < -0.3 is 13.8 Å². The predicted molar refractivity (Wildman–Crippen MR) is 177 cm³/mol. The Balaban J connectivity index is 2.06. The molecule has 0 aliphatic rings. The molecule has 2 aromatic carbocycles. The van der Waals surface area contributed by atoms with Crippen LogP contribution < -0.4 is 9.05 Å². The second-order valence-corrected chi connectivity index (χ2v) is 12.9. The van der Waals surface area contributed by atoms with Gasteiger partial charge in [0.25, 0.3) is 0 Å². The van der Waals surface area contributed by atoms with Crippen LogP contribution in [0.5, 0.6) is 11.5 Å². The Bertz CT molecular complexity index is 911. The number of rotatable bonds is 27. The highest BCUT2D eigenvalue weighted by Gasteiger charge is 2.32. The van der Waals surface area contributed by atoms with Crippen molar-refractivity contribution in [1.29, 1.82) is 0 Å². The van der Waals surface area contributed by atoms with Crippen LogP contribution in [0, 0.1) is 0 Å². The minimum absolute atomic E-state index is 0.140. The minimum atomic E-state index is -3.97. The molecule has 0 aliphatic heterocycles. The van der Waals surface area contributed by atoms with Crippen molar-refractivity contribution in [3.05, 3.63) is 59.7 Å². The third-order valence-corrected chi connectivity index (χ3v) is 8.92. The Morgan fingerprint density at radius 1 is 0.500 bits per heavy atom. The van der Waals surface area contributed by atoms with E-state index in [0.717, 1.165) is 49.7 Å². The summed E-state index contributed by atoms with van der Waals surface area (Å²) in [6, 6.07) is 15.7. The first-order chi connectivity index (χ1) is 20.6. The zero-order valence-corrected chi connectivity index (χ0v) is 27.9. The van der Waals surface area contributed by atoms with Crippen molar-refractivity contribution in [1.82, 2.24) is 0 Å². The Morgan fingerprint density at radius 3 is 1.40 bits per heavy atom. The molecule has 0 heterocycles. The van der Waals surface area contributed by atoms with E-state index < -0.39 is 7.82 Å². The minimum Gasteiger partial charge on any atom is -0.395 e. The number of unbranched alkanes of at least 4 members (excludes halogenated alkanes) is 13. The molecule has 6 heteroatoms. The molecule has 2 rings (SSSR count). The van der Waals surface area contributed by atoms with E-state index in [9.17, 15) is 4.57 Å². The average molecular weight is 603 g/mol. The summed E-state index contributed by atoms with van der Waals surface area (Å²) in [5.41, 5.74) is 2.07. The molecule has 0 aromatic heterocycles. The highest BCUT2D eigenvalue weighted by atomic mass is 31.2. The summed E-state index contributed by atoms with van der Waals surface area (Å²) >= 11 is 0. The molecular formula is C36H59O5P. The zero-order valence-electron chi connectivity index (χ0n) is 27.0. The highest BCUT2D eigenvalue weighted by Crippen LogP contribution is 2.51. The van der Waals surface area contributed by atoms with Crippen molar-refractivity contribution in [2.24, 2.45) is 0 Å². The lowest BCUT2D eigenvalue weighted by Gasteiger charge is -2.22. The van der Waals surface area contributed by atoms with E-state index >= 15 is 0 Å². The van der Waals surface area contributed by atoms with Gasteiger partial charge in [0.15, 0.2) is 0 Å². The zero-order chi connectivity index (χ0) is 30.1. The fourth-order valence-electron chi connectivity index (χ4n) is 5.01. The molecule has 42 heavy (non-hydrogen) atoms. The first kappa shape index (κ1) is 36.4. The topological polar surface area (TPSA) is 54.0 Å². The maximum absolute atomic E-state index is 14.2. The van der Waals surface area contributed by atoms with Crippen LogP contribution in [-0.4, -0.2) is 19.8 Å². The van der Waals surface area contributed by atoms with Gasteiger partial charge in [-0.1, -0.05) is 141 Å². The van der Waals surface area contributed by atoms with Crippen LogP contribution in [0.25, 0.3) is 0 Å². The van der Waals surface area contributed by atoms with Gasteiger partial charge in [-0.05, 0) is 55.4 Å². The number of benzene rings is 2. The Morgan fingerprint density at radius 2 is 0.929 bits per heavy atom. The van der Waals surface area contributed by atoms with Crippen LogP contribution >= 0.6 is 7.82 Å². The molecule has 0 N–H and O–H groups in total. The second-order valence-electron chi connectivity index (χ2n) is 11.4. The van der Waals surface area contributed by atoms with Gasteiger partial charge in [-0.15, -0.1) is 0 Å². The molecule has 0 aliphatic carbocycles. The van der Waals surface area contributed by atoms with Gasteiger partial charge in [-0.25, -0.2) is 4.57 Å². The van der Waals surface area contributed by atoms with Crippen molar-refractivity contribution >= 4 is 7.82 Å². The molecule has 0 spiro atoms. The molecule has 0 atom stereocenters. The number of hydrogen-bond acceptors (Lipinski definition) is 5. The summed E-state index contributed by atoms with van der Waals surface area (Å²) < 4.78 is 38.0. The second kappa shape index (κ2) is 23.6. The number of phosphoric acid groups is 1. The molecule has 5 nitrogen and oxygen atoms in total. The SMILES string of the molecule is CCCCCCCCCc1ccccc1OP(=O)(OCCOCCCC)Oc1ccccc1CCCCCCCCC. The summed E-state index contributed by atoms with van der Waals surface area (Å²) in [5.74, 6) is 1.14. The van der Waals surface area contributed by atoms with Gasteiger partial charge >= 0.3 is 7.82 Å². The maximum atomic E-state index is 14.2. The van der Waals surface area contributed by atoms with Crippen LogP contribution in [0.15, 0.2) is 48.5 Å². The molecule has 2 aromatic rings. The molecule has 0 fully saturated rings. The van der Waals surface area contributed by atoms with Gasteiger partial charge in [-0.2, -0.15) is 0 Å². The summed E-state index contributed by atoms with van der Waals surface area (Å²) in [5, 5.41) is 0. The van der Waals surface area contributed by atoms with Crippen molar-refractivity contribution in [2.75, 3.05) is 19.8 Å². The fraction of sp³-hybridized carbons (Fsp3) is 0.667. The van der Waals surface area contributed by atoms with Crippen molar-refractivity contribution in [3.63, 3.8) is 0 Å². The molecule has 238 valence electrons. The monoisotopic (exact) mass is 602 g/mol. The van der Waals surface area contributed by atoms with E-state index in [-0.39, 0.29) is 6.61 Å². The summed E-state index contributed by atoms with van der Waals surface area (Å²) in [6.45, 7) is 7.77. The standard InChI is InChI=1S/C36H59O5P/c1-4-7-10-12-14-16-18-24-33-26-20-22-28-35(33)40-42(37,39-32-31-38-30-9-6-3)41-36-29-23-21-27-34(36)25-19-17-15-13-11-8-5-2/h20-23,26-29H,4-19,24-25,30-32H2,1-3H3. The first-order valence-electron chi connectivity index (χ1n) is 17.0. The van der Waals surface area contributed by atoms with Crippen LogP contribution in [-0.2, 0) is 26.7 Å². The largest absolute Gasteiger partial charge is 0.587 e. The Kier molecular flexibility index (Phi) is 20.5. The first-order valence-corrected chi connectivity index (χ1v) is 18.4. The van der Waals surface area contributed by atoms with Gasteiger partial charge in [0.05, 0.1) is 13.2 Å². The molecule has 0 radical (unpaired) electrons. The smallest absolute Gasteiger partial charge is 0.395 e. The third kappa shape index (κ3) is 16.1. The van der Waals surface area contributed by atoms with Crippen molar-refractivity contribution < 1.29 is 22.9 Å². The highest BCUT2D eigenvalue weighted by molar-refractivity contribution is 7.49. The molecule has 0 amide bonds. The molecule has 0 unspecified atom stereocenters. The van der Waals surface area contributed by atoms with E-state index in [1.54, 1.807) is 0 Å². The van der Waals surface area contributed by atoms with E-state index in [0.29, 0.717) is 24.7 Å². The number of ether oxygens (including phenoxy) is 1. The summed E-state index contributed by atoms with van der Waals surface area (Å²) in [7, 11) is -3.97. The Labute approximate surface area is 257 Å². The molecule has 0 saturated heterocycles. The van der Waals surface area contributed by atoms with E-state index in [1.807, 2.05) is 36.4 Å². The summed E-state index contributed by atoms with van der Waals surface area (Å²) in [6.07, 6.45) is 21.2. The van der Waals surface area contributed by atoms with E-state index in [2.05, 4.69) is 32.9 Å². The number of hydrogen-bond donors (Lipinski definition) is 0. The predicted octanol–water partition coefficient (Wildman–Crippen LogP) is 11.7. The van der Waals surface area contributed by atoms with Crippen LogP contribution in [0.1, 0.15) is 135 Å². The number of aryl methyl sites for hydroxylation is 2. The maximum Gasteiger partial charge on any atom is 0.587 e.